The highest BCUT2D eigenvalue weighted by Crippen LogP contribution is 2.16. The van der Waals surface area contributed by atoms with Gasteiger partial charge in [-0.15, -0.1) is 10.2 Å². The van der Waals surface area contributed by atoms with Crippen molar-refractivity contribution in [2.75, 3.05) is 13.1 Å². The summed E-state index contributed by atoms with van der Waals surface area (Å²) in [6.45, 7) is 5.94. The summed E-state index contributed by atoms with van der Waals surface area (Å²) >= 11 is 0. The second-order valence-corrected chi connectivity index (χ2v) is 4.80. The fourth-order valence-electron chi connectivity index (χ4n) is 2.48. The fraction of sp³-hybridized carbons (Fsp3) is 0.833. The largest absolute Gasteiger partial charge is 0.329 e. The molecule has 0 bridgehead atoms. The first-order valence-corrected chi connectivity index (χ1v) is 6.66. The molecule has 0 amide bonds. The van der Waals surface area contributed by atoms with Crippen LogP contribution in [-0.4, -0.2) is 38.8 Å². The molecule has 17 heavy (non-hydrogen) atoms. The van der Waals surface area contributed by atoms with Gasteiger partial charge in [0.15, 0.2) is 0 Å². The molecule has 0 radical (unpaired) electrons. The molecule has 0 fully saturated rings. The molecule has 96 valence electrons. The zero-order chi connectivity index (χ0) is 12.1. The molecular weight excluding hydrogens is 214 g/mol. The summed E-state index contributed by atoms with van der Waals surface area (Å²) < 4.78 is 2.14. The molecule has 2 heterocycles. The van der Waals surface area contributed by atoms with Gasteiger partial charge in [-0.25, -0.2) is 0 Å². The summed E-state index contributed by atoms with van der Waals surface area (Å²) in [5, 5.41) is 8.10. The van der Waals surface area contributed by atoms with Crippen LogP contribution in [0.1, 0.15) is 38.4 Å². The average molecular weight is 237 g/mol. The van der Waals surface area contributed by atoms with Gasteiger partial charge in [-0.3, -0.25) is 4.90 Å². The second kappa shape index (κ2) is 6.12. The standard InChI is InChI=1S/C12H23N5/c1-2-3-4-5-11(8-13)16-6-7-17-10-14-15-12(17)9-16/h10-11H,2-9,13H2,1H3. The van der Waals surface area contributed by atoms with Crippen molar-refractivity contribution in [1.29, 1.82) is 0 Å². The first-order chi connectivity index (χ1) is 8.35. The van der Waals surface area contributed by atoms with Gasteiger partial charge in [0, 0.05) is 25.7 Å². The summed E-state index contributed by atoms with van der Waals surface area (Å²) in [5.41, 5.74) is 5.90. The normalized spacial score (nSPS) is 18.0. The highest BCUT2D eigenvalue weighted by Gasteiger charge is 2.23. The Morgan fingerprint density at radius 2 is 2.29 bits per heavy atom. The minimum atomic E-state index is 0.506. The van der Waals surface area contributed by atoms with Gasteiger partial charge in [0.1, 0.15) is 12.2 Å². The lowest BCUT2D eigenvalue weighted by Crippen LogP contribution is -2.44. The number of hydrogen-bond donors (Lipinski definition) is 1. The van der Waals surface area contributed by atoms with E-state index in [0.29, 0.717) is 6.04 Å². The van der Waals surface area contributed by atoms with E-state index in [1.165, 1.54) is 25.7 Å². The van der Waals surface area contributed by atoms with E-state index < -0.39 is 0 Å². The molecule has 1 aromatic rings. The molecule has 1 aromatic heterocycles. The van der Waals surface area contributed by atoms with E-state index in [9.17, 15) is 0 Å². The smallest absolute Gasteiger partial charge is 0.147 e. The molecule has 5 heteroatoms. The third-order valence-electron chi connectivity index (χ3n) is 3.60. The number of unbranched alkanes of at least 4 members (excludes halogenated alkanes) is 2. The first-order valence-electron chi connectivity index (χ1n) is 6.66. The van der Waals surface area contributed by atoms with Crippen molar-refractivity contribution >= 4 is 0 Å². The van der Waals surface area contributed by atoms with Gasteiger partial charge in [0.05, 0.1) is 6.54 Å². The molecule has 1 aliphatic heterocycles. The molecule has 0 aliphatic carbocycles. The van der Waals surface area contributed by atoms with Gasteiger partial charge in [0.2, 0.25) is 0 Å². The summed E-state index contributed by atoms with van der Waals surface area (Å²) in [4.78, 5) is 2.46. The van der Waals surface area contributed by atoms with Crippen LogP contribution in [0.3, 0.4) is 0 Å². The van der Waals surface area contributed by atoms with E-state index >= 15 is 0 Å². The van der Waals surface area contributed by atoms with E-state index in [-0.39, 0.29) is 0 Å². The van der Waals surface area contributed by atoms with Crippen LogP contribution < -0.4 is 5.73 Å². The molecule has 0 saturated carbocycles. The Kier molecular flexibility index (Phi) is 4.50. The minimum Gasteiger partial charge on any atom is -0.329 e. The van der Waals surface area contributed by atoms with Crippen LogP contribution in [0.5, 0.6) is 0 Å². The Labute approximate surface area is 103 Å². The van der Waals surface area contributed by atoms with Crippen LogP contribution >= 0.6 is 0 Å². The predicted molar refractivity (Wildman–Crippen MR) is 67.4 cm³/mol. The maximum Gasteiger partial charge on any atom is 0.147 e. The molecule has 1 unspecified atom stereocenters. The first kappa shape index (κ1) is 12.5. The summed E-state index contributed by atoms with van der Waals surface area (Å²) in [5.74, 6) is 1.07. The monoisotopic (exact) mass is 237 g/mol. The predicted octanol–water partition coefficient (Wildman–Crippen LogP) is 1.00. The molecule has 1 atom stereocenters. The van der Waals surface area contributed by atoms with Crippen molar-refractivity contribution in [1.82, 2.24) is 19.7 Å². The van der Waals surface area contributed by atoms with Gasteiger partial charge in [-0.2, -0.15) is 0 Å². The van der Waals surface area contributed by atoms with E-state index in [1.807, 2.05) is 6.33 Å². The molecule has 2 rings (SSSR count). The van der Waals surface area contributed by atoms with Crippen LogP contribution in [0.25, 0.3) is 0 Å². The summed E-state index contributed by atoms with van der Waals surface area (Å²) in [7, 11) is 0. The van der Waals surface area contributed by atoms with Crippen LogP contribution in [0.4, 0.5) is 0 Å². The quantitative estimate of drug-likeness (QED) is 0.750. The molecule has 0 saturated heterocycles. The lowest BCUT2D eigenvalue weighted by atomic mass is 10.1. The Morgan fingerprint density at radius 1 is 1.41 bits per heavy atom. The molecule has 5 nitrogen and oxygen atoms in total. The summed E-state index contributed by atoms with van der Waals surface area (Å²) in [6.07, 6.45) is 6.88. The number of fused-ring (bicyclic) bond motifs is 1. The zero-order valence-electron chi connectivity index (χ0n) is 10.7. The molecule has 2 N–H and O–H groups in total. The topological polar surface area (TPSA) is 60.0 Å². The van der Waals surface area contributed by atoms with E-state index in [1.54, 1.807) is 0 Å². The van der Waals surface area contributed by atoms with Crippen molar-refractivity contribution in [2.45, 2.75) is 51.7 Å². The van der Waals surface area contributed by atoms with Crippen molar-refractivity contribution in [3.05, 3.63) is 12.2 Å². The molecule has 0 spiro atoms. The number of rotatable bonds is 6. The Hall–Kier alpha value is -0.940. The number of hydrogen-bond acceptors (Lipinski definition) is 4. The molecule has 1 aliphatic rings. The number of nitrogens with zero attached hydrogens (tertiary/aromatic N) is 4. The van der Waals surface area contributed by atoms with Gasteiger partial charge in [0.25, 0.3) is 0 Å². The number of nitrogens with two attached hydrogens (primary N) is 1. The maximum absolute atomic E-state index is 5.90. The summed E-state index contributed by atoms with van der Waals surface area (Å²) in [6, 6.07) is 0.506. The van der Waals surface area contributed by atoms with E-state index in [4.69, 9.17) is 5.73 Å². The molecular formula is C12H23N5. The van der Waals surface area contributed by atoms with Gasteiger partial charge in [-0.05, 0) is 6.42 Å². The highest BCUT2D eigenvalue weighted by molar-refractivity contribution is 4.91. The van der Waals surface area contributed by atoms with Crippen LogP contribution in [-0.2, 0) is 13.1 Å². The fourth-order valence-corrected chi connectivity index (χ4v) is 2.48. The minimum absolute atomic E-state index is 0.506. The lowest BCUT2D eigenvalue weighted by Gasteiger charge is -2.33. The zero-order valence-corrected chi connectivity index (χ0v) is 10.7. The van der Waals surface area contributed by atoms with Gasteiger partial charge < -0.3 is 10.3 Å². The Morgan fingerprint density at radius 3 is 3.06 bits per heavy atom. The van der Waals surface area contributed by atoms with Crippen molar-refractivity contribution in [2.24, 2.45) is 5.73 Å². The lowest BCUT2D eigenvalue weighted by molar-refractivity contribution is 0.146. The van der Waals surface area contributed by atoms with E-state index in [2.05, 4.69) is 26.6 Å². The third-order valence-corrected chi connectivity index (χ3v) is 3.60. The maximum atomic E-state index is 5.90. The van der Waals surface area contributed by atoms with Crippen LogP contribution in [0.2, 0.25) is 0 Å². The SMILES string of the molecule is CCCCCC(CN)N1CCn2cnnc2C1. The highest BCUT2D eigenvalue weighted by atomic mass is 15.3. The average Bonchev–Trinajstić information content (AvgIpc) is 2.82. The Balaban J connectivity index is 1.88. The Bertz CT molecular complexity index is 335. The number of aromatic nitrogens is 3. The van der Waals surface area contributed by atoms with Crippen molar-refractivity contribution < 1.29 is 0 Å². The second-order valence-electron chi connectivity index (χ2n) is 4.80. The molecule has 0 aromatic carbocycles. The van der Waals surface area contributed by atoms with E-state index in [0.717, 1.165) is 32.0 Å². The van der Waals surface area contributed by atoms with Crippen LogP contribution in [0.15, 0.2) is 6.33 Å². The van der Waals surface area contributed by atoms with Gasteiger partial charge in [-0.1, -0.05) is 26.2 Å². The van der Waals surface area contributed by atoms with Crippen molar-refractivity contribution in [3.63, 3.8) is 0 Å². The van der Waals surface area contributed by atoms with Gasteiger partial charge >= 0.3 is 0 Å². The van der Waals surface area contributed by atoms with Crippen LogP contribution in [0, 0.1) is 0 Å². The van der Waals surface area contributed by atoms with Crippen molar-refractivity contribution in [3.8, 4) is 0 Å². The third kappa shape index (κ3) is 3.04.